The van der Waals surface area contributed by atoms with E-state index >= 15 is 0 Å². The van der Waals surface area contributed by atoms with Crippen molar-refractivity contribution in [3.63, 3.8) is 0 Å². The van der Waals surface area contributed by atoms with Gasteiger partial charge in [0.25, 0.3) is 0 Å². The van der Waals surface area contributed by atoms with Crippen LogP contribution in [0.25, 0.3) is 0 Å². The average molecular weight is 355 g/mol. The quantitative estimate of drug-likeness (QED) is 0.845. The lowest BCUT2D eigenvalue weighted by Crippen LogP contribution is -2.34. The molecular weight excluding hydrogens is 328 g/mol. The average Bonchev–Trinajstić information content (AvgIpc) is 2.48. The van der Waals surface area contributed by atoms with E-state index in [1.807, 2.05) is 0 Å². The Morgan fingerprint density at radius 1 is 1.43 bits per heavy atom. The molecule has 2 rings (SSSR count). The maximum absolute atomic E-state index is 6.15. The van der Waals surface area contributed by atoms with E-state index in [0.29, 0.717) is 6.10 Å². The van der Waals surface area contributed by atoms with E-state index in [-0.39, 0.29) is 6.04 Å². The van der Waals surface area contributed by atoms with Crippen LogP contribution in [0, 0.1) is 0 Å². The molecule has 1 heterocycles. The molecule has 2 atom stereocenters. The van der Waals surface area contributed by atoms with E-state index in [2.05, 4.69) is 53.0 Å². The number of anilines is 1. The van der Waals surface area contributed by atoms with Crippen molar-refractivity contribution >= 4 is 21.6 Å². The summed E-state index contributed by atoms with van der Waals surface area (Å²) in [7, 11) is 2.15. The third kappa shape index (κ3) is 4.97. The molecule has 2 unspecified atom stereocenters. The molecule has 0 saturated carbocycles. The molecule has 21 heavy (non-hydrogen) atoms. The SMILES string of the molecule is CCC(N)Cc1cc(Br)ccc1N(C)CC1CCCCO1. The van der Waals surface area contributed by atoms with Crippen LogP contribution in [-0.4, -0.2) is 32.3 Å². The number of ether oxygens (including phenoxy) is 1. The van der Waals surface area contributed by atoms with Crippen molar-refractivity contribution in [2.75, 3.05) is 25.1 Å². The Hall–Kier alpha value is -0.580. The summed E-state index contributed by atoms with van der Waals surface area (Å²) in [6.45, 7) is 4.00. The minimum Gasteiger partial charge on any atom is -0.376 e. The van der Waals surface area contributed by atoms with Crippen molar-refractivity contribution < 1.29 is 4.74 Å². The largest absolute Gasteiger partial charge is 0.376 e. The summed E-state index contributed by atoms with van der Waals surface area (Å²) >= 11 is 3.57. The number of nitrogens with two attached hydrogens (primary N) is 1. The third-order valence-electron chi connectivity index (χ3n) is 4.21. The van der Waals surface area contributed by atoms with Gasteiger partial charge in [0, 0.05) is 36.4 Å². The molecule has 0 spiro atoms. The first-order valence-corrected chi connectivity index (χ1v) is 8.76. The van der Waals surface area contributed by atoms with Gasteiger partial charge in [0.05, 0.1) is 6.10 Å². The molecule has 0 aliphatic carbocycles. The Morgan fingerprint density at radius 3 is 2.90 bits per heavy atom. The van der Waals surface area contributed by atoms with Gasteiger partial charge in [0.2, 0.25) is 0 Å². The van der Waals surface area contributed by atoms with E-state index in [9.17, 15) is 0 Å². The topological polar surface area (TPSA) is 38.5 Å². The first-order chi connectivity index (χ1) is 10.1. The van der Waals surface area contributed by atoms with Crippen LogP contribution < -0.4 is 10.6 Å². The summed E-state index contributed by atoms with van der Waals surface area (Å²) in [5.41, 5.74) is 8.74. The van der Waals surface area contributed by atoms with Gasteiger partial charge in [0.15, 0.2) is 0 Å². The number of benzene rings is 1. The van der Waals surface area contributed by atoms with Crippen molar-refractivity contribution in [3.05, 3.63) is 28.2 Å². The van der Waals surface area contributed by atoms with Gasteiger partial charge in [0.1, 0.15) is 0 Å². The summed E-state index contributed by atoms with van der Waals surface area (Å²) in [5.74, 6) is 0. The Labute approximate surface area is 137 Å². The molecule has 0 radical (unpaired) electrons. The van der Waals surface area contributed by atoms with Crippen LogP contribution in [0.15, 0.2) is 22.7 Å². The second kappa shape index (κ2) is 8.16. The van der Waals surface area contributed by atoms with E-state index in [0.717, 1.165) is 30.5 Å². The minimum absolute atomic E-state index is 0.220. The molecule has 1 saturated heterocycles. The number of rotatable bonds is 6. The normalized spacial score (nSPS) is 20.3. The van der Waals surface area contributed by atoms with Crippen molar-refractivity contribution in [1.82, 2.24) is 0 Å². The zero-order valence-electron chi connectivity index (χ0n) is 13.1. The van der Waals surface area contributed by atoms with Crippen LogP contribution in [0.2, 0.25) is 0 Å². The molecule has 0 amide bonds. The van der Waals surface area contributed by atoms with Gasteiger partial charge in [-0.1, -0.05) is 22.9 Å². The smallest absolute Gasteiger partial charge is 0.0749 e. The summed E-state index contributed by atoms with van der Waals surface area (Å²) in [6, 6.07) is 6.71. The number of likely N-dealkylation sites (N-methyl/N-ethyl adjacent to an activating group) is 1. The van der Waals surface area contributed by atoms with Gasteiger partial charge >= 0.3 is 0 Å². The van der Waals surface area contributed by atoms with Gasteiger partial charge in [-0.05, 0) is 55.9 Å². The Balaban J connectivity index is 2.09. The molecule has 0 bridgehead atoms. The minimum atomic E-state index is 0.220. The maximum Gasteiger partial charge on any atom is 0.0749 e. The zero-order valence-corrected chi connectivity index (χ0v) is 14.7. The van der Waals surface area contributed by atoms with E-state index in [1.54, 1.807) is 0 Å². The number of nitrogens with zero attached hydrogens (tertiary/aromatic N) is 1. The highest BCUT2D eigenvalue weighted by atomic mass is 79.9. The van der Waals surface area contributed by atoms with Gasteiger partial charge < -0.3 is 15.4 Å². The van der Waals surface area contributed by atoms with Crippen LogP contribution in [0.3, 0.4) is 0 Å². The highest BCUT2D eigenvalue weighted by molar-refractivity contribution is 9.10. The summed E-state index contributed by atoms with van der Waals surface area (Å²) < 4.78 is 6.98. The molecule has 118 valence electrons. The highest BCUT2D eigenvalue weighted by Gasteiger charge is 2.18. The molecule has 2 N–H and O–H groups in total. The maximum atomic E-state index is 6.15. The molecule has 0 aromatic heterocycles. The molecule has 1 aromatic carbocycles. The molecule has 1 aromatic rings. The summed E-state index contributed by atoms with van der Waals surface area (Å²) in [6.07, 6.45) is 5.94. The van der Waals surface area contributed by atoms with Crippen molar-refractivity contribution in [1.29, 1.82) is 0 Å². The Kier molecular flexibility index (Phi) is 6.52. The number of halogens is 1. The number of hydrogen-bond donors (Lipinski definition) is 1. The van der Waals surface area contributed by atoms with E-state index in [1.165, 1.54) is 30.5 Å². The molecule has 1 aliphatic rings. The summed E-state index contributed by atoms with van der Waals surface area (Å²) in [5, 5.41) is 0. The standard InChI is InChI=1S/C17H27BrN2O/c1-3-15(19)11-13-10-14(18)7-8-17(13)20(2)12-16-6-4-5-9-21-16/h7-8,10,15-16H,3-6,9,11-12,19H2,1-2H3. The van der Waals surface area contributed by atoms with Crippen LogP contribution in [0.1, 0.15) is 38.2 Å². The van der Waals surface area contributed by atoms with Crippen molar-refractivity contribution in [2.45, 2.75) is 51.2 Å². The van der Waals surface area contributed by atoms with Crippen LogP contribution in [0.4, 0.5) is 5.69 Å². The second-order valence-electron chi connectivity index (χ2n) is 6.01. The van der Waals surface area contributed by atoms with Gasteiger partial charge in [-0.3, -0.25) is 0 Å². The Morgan fingerprint density at radius 2 is 2.24 bits per heavy atom. The van der Waals surface area contributed by atoms with Crippen LogP contribution >= 0.6 is 15.9 Å². The molecule has 3 nitrogen and oxygen atoms in total. The van der Waals surface area contributed by atoms with Crippen molar-refractivity contribution in [3.8, 4) is 0 Å². The lowest BCUT2D eigenvalue weighted by atomic mass is 10.0. The van der Waals surface area contributed by atoms with Crippen LogP contribution in [0.5, 0.6) is 0 Å². The number of hydrogen-bond acceptors (Lipinski definition) is 3. The molecule has 1 aliphatic heterocycles. The fourth-order valence-electron chi connectivity index (χ4n) is 2.87. The molecule has 4 heteroatoms. The Bertz CT molecular complexity index is 446. The fraction of sp³-hybridized carbons (Fsp3) is 0.647. The molecular formula is C17H27BrN2O. The van der Waals surface area contributed by atoms with Gasteiger partial charge in [-0.2, -0.15) is 0 Å². The van der Waals surface area contributed by atoms with Gasteiger partial charge in [-0.25, -0.2) is 0 Å². The predicted molar refractivity (Wildman–Crippen MR) is 93.0 cm³/mol. The second-order valence-corrected chi connectivity index (χ2v) is 6.93. The predicted octanol–water partition coefficient (Wildman–Crippen LogP) is 3.73. The third-order valence-corrected chi connectivity index (χ3v) is 4.70. The zero-order chi connectivity index (χ0) is 15.2. The lowest BCUT2D eigenvalue weighted by molar-refractivity contribution is 0.0216. The first kappa shape index (κ1) is 16.8. The highest BCUT2D eigenvalue weighted by Crippen LogP contribution is 2.26. The van der Waals surface area contributed by atoms with Gasteiger partial charge in [-0.15, -0.1) is 0 Å². The summed E-state index contributed by atoms with van der Waals surface area (Å²) in [4.78, 5) is 2.32. The lowest BCUT2D eigenvalue weighted by Gasteiger charge is -2.30. The first-order valence-electron chi connectivity index (χ1n) is 7.97. The van der Waals surface area contributed by atoms with E-state index in [4.69, 9.17) is 10.5 Å². The van der Waals surface area contributed by atoms with E-state index < -0.39 is 0 Å². The fourth-order valence-corrected chi connectivity index (χ4v) is 3.28. The van der Waals surface area contributed by atoms with Crippen LogP contribution in [-0.2, 0) is 11.2 Å². The van der Waals surface area contributed by atoms with Crippen molar-refractivity contribution in [2.24, 2.45) is 5.73 Å². The molecule has 1 fully saturated rings. The monoisotopic (exact) mass is 354 g/mol.